The smallest absolute Gasteiger partial charge is 0.137 e. The molecule has 0 radical (unpaired) electrons. The maximum Gasteiger partial charge on any atom is 0.137 e. The zero-order valence-corrected chi connectivity index (χ0v) is 12.4. The second-order valence-electron chi connectivity index (χ2n) is 5.09. The Labute approximate surface area is 120 Å². The number of hydrogen-bond acceptors (Lipinski definition) is 3. The summed E-state index contributed by atoms with van der Waals surface area (Å²) < 4.78 is 5.62. The fourth-order valence-electron chi connectivity index (χ4n) is 2.39. The van der Waals surface area contributed by atoms with Gasteiger partial charge in [0.1, 0.15) is 5.75 Å². The normalized spacial score (nSPS) is 12.2. The second-order valence-corrected chi connectivity index (χ2v) is 5.09. The quantitative estimate of drug-likeness (QED) is 0.904. The van der Waals surface area contributed by atoms with Gasteiger partial charge in [-0.15, -0.1) is 0 Å². The molecule has 1 aromatic carbocycles. The molecule has 2 rings (SSSR count). The van der Waals surface area contributed by atoms with E-state index in [-0.39, 0.29) is 6.04 Å². The lowest BCUT2D eigenvalue weighted by Gasteiger charge is -2.18. The van der Waals surface area contributed by atoms with E-state index in [0.29, 0.717) is 6.61 Å². The van der Waals surface area contributed by atoms with Crippen molar-refractivity contribution in [3.05, 3.63) is 58.9 Å². The van der Waals surface area contributed by atoms with Crippen molar-refractivity contribution in [2.24, 2.45) is 5.73 Å². The molecule has 0 aliphatic rings. The third kappa shape index (κ3) is 3.17. The Bertz CT molecular complexity index is 561. The SMILES string of the molecule is CCCOc1cncc(C(N)c2c(C)cccc2C)c1. The molecular formula is C17H22N2O. The molecule has 0 bridgehead atoms. The first-order chi connectivity index (χ1) is 9.63. The topological polar surface area (TPSA) is 48.1 Å². The third-order valence-corrected chi connectivity index (χ3v) is 3.42. The van der Waals surface area contributed by atoms with Crippen LogP contribution in [-0.2, 0) is 0 Å². The van der Waals surface area contributed by atoms with Crippen LogP contribution in [0.25, 0.3) is 0 Å². The van der Waals surface area contributed by atoms with Gasteiger partial charge >= 0.3 is 0 Å². The summed E-state index contributed by atoms with van der Waals surface area (Å²) in [6.07, 6.45) is 4.53. The maximum atomic E-state index is 6.42. The van der Waals surface area contributed by atoms with E-state index >= 15 is 0 Å². The fraction of sp³-hybridized carbons (Fsp3) is 0.353. The predicted molar refractivity (Wildman–Crippen MR) is 82.0 cm³/mol. The molecule has 0 aliphatic heterocycles. The highest BCUT2D eigenvalue weighted by Gasteiger charge is 2.14. The highest BCUT2D eigenvalue weighted by Crippen LogP contribution is 2.27. The summed E-state index contributed by atoms with van der Waals surface area (Å²) in [4.78, 5) is 4.24. The van der Waals surface area contributed by atoms with Crippen LogP contribution < -0.4 is 10.5 Å². The van der Waals surface area contributed by atoms with Crippen LogP contribution in [0.3, 0.4) is 0 Å². The number of aromatic nitrogens is 1. The van der Waals surface area contributed by atoms with E-state index in [9.17, 15) is 0 Å². The van der Waals surface area contributed by atoms with Crippen LogP contribution >= 0.6 is 0 Å². The van der Waals surface area contributed by atoms with Crippen molar-refractivity contribution in [2.45, 2.75) is 33.2 Å². The van der Waals surface area contributed by atoms with Crippen molar-refractivity contribution in [3.63, 3.8) is 0 Å². The minimum atomic E-state index is -0.172. The monoisotopic (exact) mass is 270 g/mol. The summed E-state index contributed by atoms with van der Waals surface area (Å²) in [6.45, 7) is 6.96. The molecule has 1 heterocycles. The summed E-state index contributed by atoms with van der Waals surface area (Å²) in [5.41, 5.74) is 11.0. The number of benzene rings is 1. The Hall–Kier alpha value is -1.87. The molecule has 0 saturated carbocycles. The van der Waals surface area contributed by atoms with Crippen molar-refractivity contribution in [1.29, 1.82) is 0 Å². The third-order valence-electron chi connectivity index (χ3n) is 3.42. The molecule has 0 fully saturated rings. The van der Waals surface area contributed by atoms with Crippen LogP contribution in [0.15, 0.2) is 36.7 Å². The number of pyridine rings is 1. The van der Waals surface area contributed by atoms with E-state index in [1.54, 1.807) is 6.20 Å². The highest BCUT2D eigenvalue weighted by atomic mass is 16.5. The van der Waals surface area contributed by atoms with E-state index in [2.05, 4.69) is 44.0 Å². The van der Waals surface area contributed by atoms with Gasteiger partial charge in [0, 0.05) is 6.20 Å². The largest absolute Gasteiger partial charge is 0.492 e. The molecule has 1 aromatic heterocycles. The molecule has 2 N–H and O–H groups in total. The summed E-state index contributed by atoms with van der Waals surface area (Å²) in [6, 6.07) is 8.05. The molecule has 0 saturated heterocycles. The predicted octanol–water partition coefficient (Wildman–Crippen LogP) is 3.54. The summed E-state index contributed by atoms with van der Waals surface area (Å²) in [5, 5.41) is 0. The molecule has 1 atom stereocenters. The minimum absolute atomic E-state index is 0.172. The first kappa shape index (κ1) is 14.5. The number of ether oxygens (including phenoxy) is 1. The van der Waals surface area contributed by atoms with Gasteiger partial charge in [-0.2, -0.15) is 0 Å². The first-order valence-corrected chi connectivity index (χ1v) is 7.03. The lowest BCUT2D eigenvalue weighted by Crippen LogP contribution is -2.15. The first-order valence-electron chi connectivity index (χ1n) is 7.03. The van der Waals surface area contributed by atoms with E-state index in [0.717, 1.165) is 17.7 Å². The standard InChI is InChI=1S/C17H22N2O/c1-4-8-20-15-9-14(10-19-11-15)17(18)16-12(2)6-5-7-13(16)3/h5-7,9-11,17H,4,8,18H2,1-3H3. The average Bonchev–Trinajstić information content (AvgIpc) is 2.45. The average molecular weight is 270 g/mol. The van der Waals surface area contributed by atoms with Crippen LogP contribution in [0.2, 0.25) is 0 Å². The molecule has 106 valence electrons. The van der Waals surface area contributed by atoms with Gasteiger partial charge in [-0.25, -0.2) is 0 Å². The van der Waals surface area contributed by atoms with Crippen molar-refractivity contribution < 1.29 is 4.74 Å². The molecule has 2 aromatic rings. The van der Waals surface area contributed by atoms with Crippen LogP contribution in [0.5, 0.6) is 5.75 Å². The summed E-state index contributed by atoms with van der Waals surface area (Å²) >= 11 is 0. The van der Waals surface area contributed by atoms with E-state index in [1.807, 2.05) is 12.3 Å². The van der Waals surface area contributed by atoms with Gasteiger partial charge in [-0.1, -0.05) is 25.1 Å². The van der Waals surface area contributed by atoms with Crippen molar-refractivity contribution in [1.82, 2.24) is 4.98 Å². The minimum Gasteiger partial charge on any atom is -0.492 e. The Balaban J connectivity index is 2.31. The molecule has 20 heavy (non-hydrogen) atoms. The van der Waals surface area contributed by atoms with Crippen molar-refractivity contribution in [2.75, 3.05) is 6.61 Å². The Morgan fingerprint density at radius 1 is 1.20 bits per heavy atom. The van der Waals surface area contributed by atoms with Gasteiger partial charge in [0.25, 0.3) is 0 Å². The summed E-state index contributed by atoms with van der Waals surface area (Å²) in [7, 11) is 0. The Morgan fingerprint density at radius 3 is 2.55 bits per heavy atom. The molecular weight excluding hydrogens is 248 g/mol. The molecule has 1 unspecified atom stereocenters. The molecule has 0 spiro atoms. The lowest BCUT2D eigenvalue weighted by molar-refractivity contribution is 0.315. The summed E-state index contributed by atoms with van der Waals surface area (Å²) in [5.74, 6) is 0.783. The van der Waals surface area contributed by atoms with Gasteiger partial charge in [-0.05, 0) is 48.6 Å². The van der Waals surface area contributed by atoms with Crippen molar-refractivity contribution in [3.8, 4) is 5.75 Å². The van der Waals surface area contributed by atoms with Gasteiger partial charge < -0.3 is 10.5 Å². The molecule has 0 amide bonds. The van der Waals surface area contributed by atoms with Gasteiger partial charge in [0.15, 0.2) is 0 Å². The zero-order chi connectivity index (χ0) is 14.5. The Kier molecular flexibility index (Phi) is 4.74. The van der Waals surface area contributed by atoms with Gasteiger partial charge in [-0.3, -0.25) is 4.98 Å². The number of aryl methyl sites for hydroxylation is 2. The lowest BCUT2D eigenvalue weighted by atomic mass is 9.93. The maximum absolute atomic E-state index is 6.42. The number of nitrogens with zero attached hydrogens (tertiary/aromatic N) is 1. The van der Waals surface area contributed by atoms with Gasteiger partial charge in [0.05, 0.1) is 18.8 Å². The van der Waals surface area contributed by atoms with Crippen LogP contribution in [0.1, 0.15) is 41.6 Å². The second kappa shape index (κ2) is 6.53. The van der Waals surface area contributed by atoms with E-state index in [4.69, 9.17) is 10.5 Å². The highest BCUT2D eigenvalue weighted by molar-refractivity contribution is 5.42. The van der Waals surface area contributed by atoms with Crippen molar-refractivity contribution >= 4 is 0 Å². The molecule has 3 nitrogen and oxygen atoms in total. The van der Waals surface area contributed by atoms with E-state index in [1.165, 1.54) is 16.7 Å². The number of rotatable bonds is 5. The Morgan fingerprint density at radius 2 is 1.90 bits per heavy atom. The zero-order valence-electron chi connectivity index (χ0n) is 12.4. The molecule has 3 heteroatoms. The fourth-order valence-corrected chi connectivity index (χ4v) is 2.39. The van der Waals surface area contributed by atoms with Gasteiger partial charge in [0.2, 0.25) is 0 Å². The number of nitrogens with two attached hydrogens (primary N) is 1. The molecule has 0 aliphatic carbocycles. The van der Waals surface area contributed by atoms with Crippen LogP contribution in [0, 0.1) is 13.8 Å². The van der Waals surface area contributed by atoms with E-state index < -0.39 is 0 Å². The van der Waals surface area contributed by atoms with Crippen LogP contribution in [-0.4, -0.2) is 11.6 Å². The van der Waals surface area contributed by atoms with Crippen LogP contribution in [0.4, 0.5) is 0 Å². The number of hydrogen-bond donors (Lipinski definition) is 1.